The number of hydrogen-bond donors (Lipinski definition) is 1. The maximum Gasteiger partial charge on any atom is 0.0346 e. The van der Waals surface area contributed by atoms with Gasteiger partial charge in [-0.2, -0.15) is 0 Å². The molecule has 0 radical (unpaired) electrons. The van der Waals surface area contributed by atoms with Gasteiger partial charge in [-0.25, -0.2) is 0 Å². The summed E-state index contributed by atoms with van der Waals surface area (Å²) in [5.41, 5.74) is 7.07. The molecule has 0 amide bonds. The van der Waals surface area contributed by atoms with E-state index in [1.165, 1.54) is 22.8 Å². The Bertz CT molecular complexity index is 533. The van der Waals surface area contributed by atoms with Gasteiger partial charge in [-0.05, 0) is 36.4 Å². The molecule has 18 heavy (non-hydrogen) atoms. The molecule has 1 unspecified atom stereocenters. The van der Waals surface area contributed by atoms with E-state index in [2.05, 4.69) is 34.1 Å². The summed E-state index contributed by atoms with van der Waals surface area (Å²) in [6, 6.07) is 8.47. The van der Waals surface area contributed by atoms with Gasteiger partial charge in [0, 0.05) is 30.9 Å². The van der Waals surface area contributed by atoms with Crippen molar-refractivity contribution in [2.24, 2.45) is 11.7 Å². The van der Waals surface area contributed by atoms with E-state index in [0.717, 1.165) is 26.2 Å². The second kappa shape index (κ2) is 5.04. The molecular formula is C15H19N3. The fourth-order valence-corrected chi connectivity index (χ4v) is 2.79. The van der Waals surface area contributed by atoms with Crippen molar-refractivity contribution in [3.8, 4) is 0 Å². The Morgan fingerprint density at radius 1 is 1.28 bits per heavy atom. The number of likely N-dealkylation sites (tertiary alicyclic amines) is 1. The molecule has 1 aromatic carbocycles. The number of fused-ring (bicyclic) bond motifs is 1. The first-order chi connectivity index (χ1) is 8.86. The largest absolute Gasteiger partial charge is 0.330 e. The van der Waals surface area contributed by atoms with Gasteiger partial charge in [-0.15, -0.1) is 0 Å². The van der Waals surface area contributed by atoms with Crippen molar-refractivity contribution >= 4 is 10.8 Å². The summed E-state index contributed by atoms with van der Waals surface area (Å²) in [5, 5.41) is 2.55. The van der Waals surface area contributed by atoms with Gasteiger partial charge in [-0.1, -0.05) is 24.3 Å². The molecule has 0 saturated carbocycles. The van der Waals surface area contributed by atoms with Gasteiger partial charge in [0.1, 0.15) is 0 Å². The molecular weight excluding hydrogens is 222 g/mol. The van der Waals surface area contributed by atoms with Crippen molar-refractivity contribution in [1.29, 1.82) is 0 Å². The van der Waals surface area contributed by atoms with Crippen molar-refractivity contribution in [1.82, 2.24) is 9.88 Å². The maximum absolute atomic E-state index is 5.74. The summed E-state index contributed by atoms with van der Waals surface area (Å²) in [5.74, 6) is 0.674. The first-order valence-electron chi connectivity index (χ1n) is 6.61. The van der Waals surface area contributed by atoms with Crippen molar-refractivity contribution < 1.29 is 0 Å². The molecule has 94 valence electrons. The van der Waals surface area contributed by atoms with E-state index >= 15 is 0 Å². The molecule has 1 aliphatic rings. The summed E-state index contributed by atoms with van der Waals surface area (Å²) in [7, 11) is 0. The lowest BCUT2D eigenvalue weighted by Crippen LogP contribution is -2.22. The van der Waals surface area contributed by atoms with E-state index in [4.69, 9.17) is 5.73 Å². The minimum atomic E-state index is 0.674. The molecule has 0 aliphatic carbocycles. The van der Waals surface area contributed by atoms with Crippen LogP contribution in [0.1, 0.15) is 12.0 Å². The maximum atomic E-state index is 5.74. The summed E-state index contributed by atoms with van der Waals surface area (Å²) < 4.78 is 0. The molecule has 1 atom stereocenters. The van der Waals surface area contributed by atoms with Crippen molar-refractivity contribution in [2.75, 3.05) is 19.6 Å². The lowest BCUT2D eigenvalue weighted by Gasteiger charge is -2.16. The van der Waals surface area contributed by atoms with Crippen LogP contribution in [0.3, 0.4) is 0 Å². The molecule has 0 bridgehead atoms. The zero-order chi connectivity index (χ0) is 12.4. The number of pyridine rings is 1. The standard InChI is InChI=1S/C15H19N3/c16-7-12-5-6-18(10-12)11-14-9-17-8-13-3-1-2-4-15(13)14/h1-4,8-9,12H,5-7,10-11,16H2. The Balaban J connectivity index is 1.83. The van der Waals surface area contributed by atoms with E-state index in [1.807, 2.05) is 12.4 Å². The van der Waals surface area contributed by atoms with E-state index in [-0.39, 0.29) is 0 Å². The molecule has 2 heterocycles. The first-order valence-corrected chi connectivity index (χ1v) is 6.61. The van der Waals surface area contributed by atoms with Crippen LogP contribution in [0.25, 0.3) is 10.8 Å². The molecule has 3 nitrogen and oxygen atoms in total. The number of nitrogens with two attached hydrogens (primary N) is 1. The molecule has 1 aliphatic heterocycles. The zero-order valence-electron chi connectivity index (χ0n) is 10.5. The SMILES string of the molecule is NCC1CCN(Cc2cncc3ccccc23)C1. The molecule has 1 aromatic heterocycles. The smallest absolute Gasteiger partial charge is 0.0346 e. The first kappa shape index (κ1) is 11.6. The van der Waals surface area contributed by atoms with Gasteiger partial charge in [0.25, 0.3) is 0 Å². The highest BCUT2D eigenvalue weighted by molar-refractivity contribution is 5.84. The predicted octanol–water partition coefficient (Wildman–Crippen LogP) is 2.02. The van der Waals surface area contributed by atoms with Gasteiger partial charge < -0.3 is 5.73 Å². The predicted molar refractivity (Wildman–Crippen MR) is 74.2 cm³/mol. The van der Waals surface area contributed by atoms with Gasteiger partial charge >= 0.3 is 0 Å². The Morgan fingerprint density at radius 3 is 3.00 bits per heavy atom. The van der Waals surface area contributed by atoms with Gasteiger partial charge in [-0.3, -0.25) is 9.88 Å². The van der Waals surface area contributed by atoms with Crippen LogP contribution < -0.4 is 5.73 Å². The highest BCUT2D eigenvalue weighted by Gasteiger charge is 2.21. The lowest BCUT2D eigenvalue weighted by atomic mass is 10.1. The third kappa shape index (κ3) is 2.24. The second-order valence-electron chi connectivity index (χ2n) is 5.15. The Hall–Kier alpha value is -1.45. The molecule has 2 aromatic rings. The number of aromatic nitrogens is 1. The fraction of sp³-hybridized carbons (Fsp3) is 0.400. The minimum Gasteiger partial charge on any atom is -0.330 e. The summed E-state index contributed by atoms with van der Waals surface area (Å²) in [6.45, 7) is 4.08. The monoisotopic (exact) mass is 241 g/mol. The average molecular weight is 241 g/mol. The average Bonchev–Trinajstić information content (AvgIpc) is 2.87. The van der Waals surface area contributed by atoms with E-state index in [1.54, 1.807) is 0 Å². The Labute approximate surface area is 108 Å². The van der Waals surface area contributed by atoms with Gasteiger partial charge in [0.2, 0.25) is 0 Å². The van der Waals surface area contributed by atoms with Crippen LogP contribution in [0.5, 0.6) is 0 Å². The minimum absolute atomic E-state index is 0.674. The highest BCUT2D eigenvalue weighted by Crippen LogP contribution is 2.22. The van der Waals surface area contributed by atoms with E-state index in [9.17, 15) is 0 Å². The van der Waals surface area contributed by atoms with Crippen molar-refractivity contribution in [2.45, 2.75) is 13.0 Å². The van der Waals surface area contributed by atoms with Crippen molar-refractivity contribution in [3.63, 3.8) is 0 Å². The topological polar surface area (TPSA) is 42.1 Å². The Kier molecular flexibility index (Phi) is 3.26. The third-order valence-corrected chi connectivity index (χ3v) is 3.85. The fourth-order valence-electron chi connectivity index (χ4n) is 2.79. The lowest BCUT2D eigenvalue weighted by molar-refractivity contribution is 0.318. The molecule has 1 fully saturated rings. The molecule has 0 spiro atoms. The van der Waals surface area contributed by atoms with Crippen LogP contribution in [0.2, 0.25) is 0 Å². The summed E-state index contributed by atoms with van der Waals surface area (Å²) >= 11 is 0. The van der Waals surface area contributed by atoms with Gasteiger partial charge in [0.05, 0.1) is 0 Å². The van der Waals surface area contributed by atoms with Crippen LogP contribution in [-0.4, -0.2) is 29.5 Å². The second-order valence-corrected chi connectivity index (χ2v) is 5.15. The number of benzene rings is 1. The highest BCUT2D eigenvalue weighted by atomic mass is 15.1. The van der Waals surface area contributed by atoms with Crippen LogP contribution >= 0.6 is 0 Å². The number of nitrogens with zero attached hydrogens (tertiary/aromatic N) is 2. The van der Waals surface area contributed by atoms with E-state index < -0.39 is 0 Å². The van der Waals surface area contributed by atoms with Crippen LogP contribution in [0.15, 0.2) is 36.7 Å². The van der Waals surface area contributed by atoms with E-state index in [0.29, 0.717) is 5.92 Å². The summed E-state index contributed by atoms with van der Waals surface area (Å²) in [4.78, 5) is 6.83. The Morgan fingerprint density at radius 2 is 2.17 bits per heavy atom. The zero-order valence-corrected chi connectivity index (χ0v) is 10.5. The van der Waals surface area contributed by atoms with Crippen LogP contribution in [0.4, 0.5) is 0 Å². The molecule has 3 heteroatoms. The third-order valence-electron chi connectivity index (χ3n) is 3.85. The normalized spacial score (nSPS) is 20.6. The molecule has 3 rings (SSSR count). The molecule has 1 saturated heterocycles. The molecule has 2 N–H and O–H groups in total. The number of hydrogen-bond acceptors (Lipinski definition) is 3. The van der Waals surface area contributed by atoms with Crippen LogP contribution in [-0.2, 0) is 6.54 Å². The van der Waals surface area contributed by atoms with Crippen molar-refractivity contribution in [3.05, 3.63) is 42.2 Å². The quantitative estimate of drug-likeness (QED) is 0.894. The summed E-state index contributed by atoms with van der Waals surface area (Å²) in [6.07, 6.45) is 5.16. The number of rotatable bonds is 3. The van der Waals surface area contributed by atoms with Gasteiger partial charge in [0.15, 0.2) is 0 Å². The van der Waals surface area contributed by atoms with Crippen LogP contribution in [0, 0.1) is 5.92 Å².